The summed E-state index contributed by atoms with van der Waals surface area (Å²) in [6.07, 6.45) is 36.5. The van der Waals surface area contributed by atoms with Crippen LogP contribution in [0.25, 0.3) is 0 Å². The molecule has 6 atom stereocenters. The fraction of sp³-hybridized carbons (Fsp3) is 0.918. The van der Waals surface area contributed by atoms with Gasteiger partial charge < -0.3 is 39.4 Å². The van der Waals surface area contributed by atoms with Gasteiger partial charge >= 0.3 is 11.9 Å². The summed E-state index contributed by atoms with van der Waals surface area (Å²) in [7, 11) is 0. The van der Waals surface area contributed by atoms with Crippen molar-refractivity contribution in [1.29, 1.82) is 0 Å². The Bertz CT molecular complexity index is 974. The molecular formula is C49H92O10. The van der Waals surface area contributed by atoms with Crippen LogP contribution < -0.4 is 0 Å². The second kappa shape index (κ2) is 40.5. The normalized spacial score (nSPS) is 20.0. The summed E-state index contributed by atoms with van der Waals surface area (Å²) in [6.45, 7) is 3.44. The highest BCUT2D eigenvalue weighted by atomic mass is 16.7. The highest BCUT2D eigenvalue weighted by molar-refractivity contribution is 5.70. The Labute approximate surface area is 361 Å². The minimum Gasteiger partial charge on any atom is -0.462 e. The molecule has 1 saturated heterocycles. The lowest BCUT2D eigenvalue weighted by molar-refractivity contribution is -0.305. The SMILES string of the molecule is CCCCCCCCCCC/C=C/CCCCC(=O)O[C@@H](COC(=O)CCCCCCCCCCCCCCCCCCCCC)CO[C@H]1O[C@@H](CO)[C@@H](O)C(O)C1O. The molecule has 1 aliphatic rings. The van der Waals surface area contributed by atoms with Gasteiger partial charge in [-0.2, -0.15) is 0 Å². The van der Waals surface area contributed by atoms with E-state index in [1.54, 1.807) is 0 Å². The fourth-order valence-corrected chi connectivity index (χ4v) is 7.71. The molecule has 4 N–H and O–H groups in total. The van der Waals surface area contributed by atoms with E-state index in [9.17, 15) is 30.0 Å². The van der Waals surface area contributed by atoms with Gasteiger partial charge in [-0.25, -0.2) is 0 Å². The van der Waals surface area contributed by atoms with Crippen LogP contribution in [0.15, 0.2) is 12.2 Å². The van der Waals surface area contributed by atoms with Crippen LogP contribution in [0.3, 0.4) is 0 Å². The summed E-state index contributed by atoms with van der Waals surface area (Å²) >= 11 is 0. The van der Waals surface area contributed by atoms with Crippen molar-refractivity contribution < 1.29 is 49.0 Å². The van der Waals surface area contributed by atoms with Crippen molar-refractivity contribution in [3.63, 3.8) is 0 Å². The topological polar surface area (TPSA) is 152 Å². The van der Waals surface area contributed by atoms with Crippen molar-refractivity contribution >= 4 is 11.9 Å². The highest BCUT2D eigenvalue weighted by Gasteiger charge is 2.44. The average Bonchev–Trinajstić information content (AvgIpc) is 3.23. The average molecular weight is 841 g/mol. The van der Waals surface area contributed by atoms with Gasteiger partial charge in [-0.3, -0.25) is 9.59 Å². The molecule has 0 spiro atoms. The van der Waals surface area contributed by atoms with Crippen LogP contribution in [0.2, 0.25) is 0 Å². The van der Waals surface area contributed by atoms with Crippen molar-refractivity contribution in [2.45, 2.75) is 269 Å². The number of carbonyl (C=O) groups is 2. The van der Waals surface area contributed by atoms with Crippen molar-refractivity contribution in [3.8, 4) is 0 Å². The Hall–Kier alpha value is -1.56. The van der Waals surface area contributed by atoms with Crippen LogP contribution in [0.4, 0.5) is 0 Å². The summed E-state index contributed by atoms with van der Waals surface area (Å²) in [5.41, 5.74) is 0. The molecule has 0 amide bonds. The lowest BCUT2D eigenvalue weighted by Gasteiger charge is -2.39. The first-order valence-electron chi connectivity index (χ1n) is 24.8. The first-order valence-corrected chi connectivity index (χ1v) is 24.8. The molecule has 0 saturated carbocycles. The molecule has 0 aromatic rings. The smallest absolute Gasteiger partial charge is 0.306 e. The summed E-state index contributed by atoms with van der Waals surface area (Å²) in [4.78, 5) is 25.4. The number of hydrogen-bond acceptors (Lipinski definition) is 10. The van der Waals surface area contributed by atoms with E-state index in [0.29, 0.717) is 6.42 Å². The van der Waals surface area contributed by atoms with Crippen LogP contribution in [0.1, 0.15) is 232 Å². The molecular weight excluding hydrogens is 749 g/mol. The molecule has 10 heteroatoms. The summed E-state index contributed by atoms with van der Waals surface area (Å²) in [6, 6.07) is 0. The number of aliphatic hydroxyl groups excluding tert-OH is 4. The van der Waals surface area contributed by atoms with E-state index in [1.165, 1.54) is 161 Å². The van der Waals surface area contributed by atoms with Gasteiger partial charge in [0.2, 0.25) is 0 Å². The van der Waals surface area contributed by atoms with E-state index in [1.807, 2.05) is 0 Å². The number of carbonyl (C=O) groups excluding carboxylic acids is 2. The molecule has 1 rings (SSSR count). The van der Waals surface area contributed by atoms with E-state index in [0.717, 1.165) is 38.5 Å². The number of unbranched alkanes of at least 4 members (excludes halogenated alkanes) is 29. The molecule has 0 radical (unpaired) electrons. The molecule has 348 valence electrons. The predicted molar refractivity (Wildman–Crippen MR) is 238 cm³/mol. The van der Waals surface area contributed by atoms with E-state index in [-0.39, 0.29) is 32.0 Å². The number of rotatable bonds is 42. The Balaban J connectivity index is 2.27. The number of hydrogen-bond donors (Lipinski definition) is 4. The third-order valence-electron chi connectivity index (χ3n) is 11.7. The number of ether oxygens (including phenoxy) is 4. The Morgan fingerprint density at radius 1 is 0.508 bits per heavy atom. The van der Waals surface area contributed by atoms with Gasteiger partial charge in [-0.1, -0.05) is 193 Å². The minimum absolute atomic E-state index is 0.204. The van der Waals surface area contributed by atoms with Crippen LogP contribution in [0, 0.1) is 0 Å². The zero-order valence-corrected chi connectivity index (χ0v) is 38.0. The highest BCUT2D eigenvalue weighted by Crippen LogP contribution is 2.23. The molecule has 0 aromatic heterocycles. The zero-order chi connectivity index (χ0) is 43.0. The van der Waals surface area contributed by atoms with Crippen molar-refractivity contribution in [3.05, 3.63) is 12.2 Å². The monoisotopic (exact) mass is 841 g/mol. The number of allylic oxidation sites excluding steroid dienone is 2. The van der Waals surface area contributed by atoms with Gasteiger partial charge in [0.15, 0.2) is 12.4 Å². The third kappa shape index (κ3) is 31.9. The minimum atomic E-state index is -1.59. The number of aliphatic hydroxyl groups is 4. The van der Waals surface area contributed by atoms with Gasteiger partial charge in [-0.05, 0) is 38.5 Å². The van der Waals surface area contributed by atoms with Gasteiger partial charge in [-0.15, -0.1) is 0 Å². The fourth-order valence-electron chi connectivity index (χ4n) is 7.71. The maximum Gasteiger partial charge on any atom is 0.306 e. The van der Waals surface area contributed by atoms with Gasteiger partial charge in [0.05, 0.1) is 13.2 Å². The van der Waals surface area contributed by atoms with E-state index >= 15 is 0 Å². The van der Waals surface area contributed by atoms with Crippen LogP contribution in [-0.4, -0.2) is 89.0 Å². The number of esters is 2. The maximum absolute atomic E-state index is 12.8. The molecule has 10 nitrogen and oxygen atoms in total. The van der Waals surface area contributed by atoms with Gasteiger partial charge in [0.1, 0.15) is 31.0 Å². The molecule has 1 fully saturated rings. The second-order valence-corrected chi connectivity index (χ2v) is 17.3. The standard InChI is InChI=1S/C49H92O10/c1-3-5-7-9-11-13-15-17-19-20-21-22-24-25-27-29-31-33-35-37-44(51)56-40-42(41-57-49-48(55)47(54)46(53)43(39-50)59-49)58-45(52)38-36-34-32-30-28-26-23-18-16-14-12-10-8-6-4-2/h28,30,42-43,46-50,53-55H,3-27,29,31-41H2,1-2H3/b30-28+/t42-,43-,46+,47?,48?,49-/m0/s1. The lowest BCUT2D eigenvalue weighted by atomic mass is 9.99. The predicted octanol–water partition coefficient (Wildman–Crippen LogP) is 11.1. The molecule has 0 aliphatic carbocycles. The van der Waals surface area contributed by atoms with E-state index < -0.39 is 49.4 Å². The maximum atomic E-state index is 12.8. The zero-order valence-electron chi connectivity index (χ0n) is 38.0. The van der Waals surface area contributed by atoms with Gasteiger partial charge in [0, 0.05) is 12.8 Å². The van der Waals surface area contributed by atoms with E-state index in [2.05, 4.69) is 26.0 Å². The Morgan fingerprint density at radius 3 is 1.36 bits per heavy atom. The third-order valence-corrected chi connectivity index (χ3v) is 11.7. The van der Waals surface area contributed by atoms with Crippen LogP contribution >= 0.6 is 0 Å². The van der Waals surface area contributed by atoms with Crippen molar-refractivity contribution in [1.82, 2.24) is 0 Å². The first-order chi connectivity index (χ1) is 28.8. The molecule has 1 heterocycles. The molecule has 59 heavy (non-hydrogen) atoms. The Kier molecular flexibility index (Phi) is 38.1. The van der Waals surface area contributed by atoms with E-state index in [4.69, 9.17) is 18.9 Å². The van der Waals surface area contributed by atoms with Crippen LogP contribution in [-0.2, 0) is 28.5 Å². The molecule has 0 bridgehead atoms. The largest absolute Gasteiger partial charge is 0.462 e. The van der Waals surface area contributed by atoms with Crippen LogP contribution in [0.5, 0.6) is 0 Å². The quantitative estimate of drug-likeness (QED) is 0.0265. The van der Waals surface area contributed by atoms with Gasteiger partial charge in [0.25, 0.3) is 0 Å². The molecule has 0 aromatic carbocycles. The first kappa shape index (κ1) is 55.5. The molecule has 1 aliphatic heterocycles. The lowest BCUT2D eigenvalue weighted by Crippen LogP contribution is -2.59. The summed E-state index contributed by atoms with van der Waals surface area (Å²) < 4.78 is 22.2. The summed E-state index contributed by atoms with van der Waals surface area (Å²) in [5, 5.41) is 40.1. The van der Waals surface area contributed by atoms with Crippen molar-refractivity contribution in [2.75, 3.05) is 19.8 Å². The molecule has 2 unspecified atom stereocenters. The Morgan fingerprint density at radius 2 is 0.898 bits per heavy atom. The van der Waals surface area contributed by atoms with Crippen molar-refractivity contribution in [2.24, 2.45) is 0 Å². The second-order valence-electron chi connectivity index (χ2n) is 17.3. The summed E-state index contributed by atoms with van der Waals surface area (Å²) in [5.74, 6) is -0.819.